The molecule has 0 heterocycles. The number of halogens is 6. The molecule has 100 valence electrons. The molecule has 1 aromatic carbocycles. The second-order valence-corrected chi connectivity index (χ2v) is 7.74. The van der Waals surface area contributed by atoms with E-state index in [2.05, 4.69) is 0 Å². The molecule has 0 spiro atoms. The maximum absolute atomic E-state index is 6.63. The summed E-state index contributed by atoms with van der Waals surface area (Å²) in [4.78, 5) is -2.64. The number of hydrogen-bond acceptors (Lipinski definition) is 0. The lowest BCUT2D eigenvalue weighted by atomic mass is 9.94. The second-order valence-electron chi connectivity index (χ2n) is 4.50. The van der Waals surface area contributed by atoms with E-state index < -0.39 is 14.1 Å². The van der Waals surface area contributed by atoms with Crippen molar-refractivity contribution in [1.82, 2.24) is 0 Å². The fourth-order valence-corrected chi connectivity index (χ4v) is 4.99. The van der Waals surface area contributed by atoms with E-state index in [0.717, 1.165) is 5.56 Å². The number of fused-ring (bicyclic) bond motifs is 2. The molecule has 6 heteroatoms. The zero-order chi connectivity index (χ0) is 14.1. The zero-order valence-electron chi connectivity index (χ0n) is 9.23. The van der Waals surface area contributed by atoms with Crippen molar-refractivity contribution < 1.29 is 0 Å². The maximum Gasteiger partial charge on any atom is 0.173 e. The minimum atomic E-state index is -1.54. The molecule has 0 amide bonds. The summed E-state index contributed by atoms with van der Waals surface area (Å²) in [5.74, 6) is 0. The lowest BCUT2D eigenvalue weighted by molar-refractivity contribution is 0.724. The van der Waals surface area contributed by atoms with Gasteiger partial charge in [0.25, 0.3) is 0 Å². The van der Waals surface area contributed by atoms with Crippen LogP contribution in [-0.2, 0) is 0 Å². The molecular formula is C13H6Cl6. The number of benzene rings is 1. The van der Waals surface area contributed by atoms with Gasteiger partial charge in [0.1, 0.15) is 9.75 Å². The lowest BCUT2D eigenvalue weighted by Crippen LogP contribution is -2.44. The predicted octanol–water partition coefficient (Wildman–Crippen LogP) is 5.92. The summed E-state index contributed by atoms with van der Waals surface area (Å²) >= 11 is 38.3. The van der Waals surface area contributed by atoms with Gasteiger partial charge >= 0.3 is 0 Å². The van der Waals surface area contributed by atoms with Gasteiger partial charge in [0.15, 0.2) is 4.33 Å². The van der Waals surface area contributed by atoms with Crippen molar-refractivity contribution in [2.75, 3.05) is 0 Å². The molecule has 0 aliphatic heterocycles. The van der Waals surface area contributed by atoms with Crippen LogP contribution >= 0.6 is 69.6 Å². The number of hydrogen-bond donors (Lipinski definition) is 0. The molecule has 2 aliphatic carbocycles. The molecule has 3 rings (SSSR count). The normalized spacial score (nSPS) is 35.8. The Hall–Kier alpha value is 0.440. The first kappa shape index (κ1) is 14.4. The first-order valence-electron chi connectivity index (χ1n) is 5.37. The van der Waals surface area contributed by atoms with E-state index in [0.29, 0.717) is 5.57 Å². The Morgan fingerprint density at radius 3 is 1.84 bits per heavy atom. The molecule has 0 fully saturated rings. The SMILES string of the molecule is ClC1=C(Cl)[C@]2(Cl)C=C(c3ccccc3)[C@@]1(Cl)C2(Cl)Cl. The van der Waals surface area contributed by atoms with Crippen molar-refractivity contribution in [3.8, 4) is 0 Å². The van der Waals surface area contributed by atoms with Crippen LogP contribution < -0.4 is 0 Å². The number of alkyl halides is 4. The minimum absolute atomic E-state index is 0.176. The summed E-state index contributed by atoms with van der Waals surface area (Å²) in [6.45, 7) is 0. The molecule has 0 unspecified atom stereocenters. The summed E-state index contributed by atoms with van der Waals surface area (Å²) in [6, 6.07) is 9.44. The molecule has 0 aromatic heterocycles. The third-order valence-corrected chi connectivity index (χ3v) is 7.56. The highest BCUT2D eigenvalue weighted by Gasteiger charge is 2.75. The fourth-order valence-electron chi connectivity index (χ4n) is 2.48. The average molecular weight is 375 g/mol. The van der Waals surface area contributed by atoms with Crippen LogP contribution in [0.5, 0.6) is 0 Å². The molecule has 0 saturated heterocycles. The van der Waals surface area contributed by atoms with Crippen LogP contribution in [0.25, 0.3) is 5.57 Å². The highest BCUT2D eigenvalue weighted by Crippen LogP contribution is 2.73. The van der Waals surface area contributed by atoms with Gasteiger partial charge in [-0.2, -0.15) is 0 Å². The van der Waals surface area contributed by atoms with Gasteiger partial charge in [-0.05, 0) is 17.2 Å². The Balaban J connectivity index is 2.27. The molecule has 0 radical (unpaired) electrons. The van der Waals surface area contributed by atoms with Crippen LogP contribution in [0.1, 0.15) is 5.56 Å². The first-order chi connectivity index (χ1) is 8.77. The van der Waals surface area contributed by atoms with Gasteiger partial charge in [0, 0.05) is 0 Å². The van der Waals surface area contributed by atoms with Crippen LogP contribution in [0.3, 0.4) is 0 Å². The van der Waals surface area contributed by atoms with Gasteiger partial charge in [-0.15, -0.1) is 23.2 Å². The van der Waals surface area contributed by atoms with Crippen molar-refractivity contribution in [1.29, 1.82) is 0 Å². The van der Waals surface area contributed by atoms with Gasteiger partial charge < -0.3 is 0 Å². The molecule has 2 aliphatic rings. The Bertz CT molecular complexity index is 617. The van der Waals surface area contributed by atoms with E-state index in [1.807, 2.05) is 30.3 Å². The fraction of sp³-hybridized carbons (Fsp3) is 0.231. The highest BCUT2D eigenvalue weighted by atomic mass is 35.5. The molecule has 2 atom stereocenters. The maximum atomic E-state index is 6.63. The molecule has 1 aromatic rings. The molecular weight excluding hydrogens is 369 g/mol. The quantitative estimate of drug-likeness (QED) is 0.535. The van der Waals surface area contributed by atoms with Gasteiger partial charge in [-0.3, -0.25) is 0 Å². The van der Waals surface area contributed by atoms with Gasteiger partial charge in [-0.25, -0.2) is 0 Å². The Morgan fingerprint density at radius 2 is 1.37 bits per heavy atom. The van der Waals surface area contributed by atoms with Crippen LogP contribution in [0.2, 0.25) is 0 Å². The van der Waals surface area contributed by atoms with E-state index in [-0.39, 0.29) is 10.1 Å². The summed E-state index contributed by atoms with van der Waals surface area (Å²) in [5, 5.41) is 0.354. The van der Waals surface area contributed by atoms with E-state index in [1.54, 1.807) is 6.08 Å². The van der Waals surface area contributed by atoms with Crippen LogP contribution in [0, 0.1) is 0 Å². The van der Waals surface area contributed by atoms with Crippen molar-refractivity contribution >= 4 is 75.2 Å². The third-order valence-electron chi connectivity index (χ3n) is 3.50. The summed E-state index contributed by atoms with van der Waals surface area (Å²) < 4.78 is -1.54. The smallest absolute Gasteiger partial charge is 0.105 e. The number of rotatable bonds is 1. The number of allylic oxidation sites excluding steroid dienone is 4. The minimum Gasteiger partial charge on any atom is -0.105 e. The third kappa shape index (κ3) is 1.51. The van der Waals surface area contributed by atoms with E-state index in [9.17, 15) is 0 Å². The monoisotopic (exact) mass is 372 g/mol. The molecule has 0 nitrogen and oxygen atoms in total. The Kier molecular flexibility index (Phi) is 3.20. The molecule has 19 heavy (non-hydrogen) atoms. The largest absolute Gasteiger partial charge is 0.173 e. The molecule has 2 bridgehead atoms. The standard InChI is InChI=1S/C13H6Cl6/c14-9-10(15)12(17)8(7-4-2-1-3-5-7)6-11(9,16)13(12,18)19/h1-6H/t11-,12+/m1/s1. The second kappa shape index (κ2) is 4.22. The highest BCUT2D eigenvalue weighted by molar-refractivity contribution is 6.68. The van der Waals surface area contributed by atoms with E-state index in [1.165, 1.54) is 0 Å². The zero-order valence-corrected chi connectivity index (χ0v) is 13.8. The van der Waals surface area contributed by atoms with Gasteiger partial charge in [0.05, 0.1) is 10.1 Å². The molecule has 0 N–H and O–H groups in total. The average Bonchev–Trinajstić information content (AvgIpc) is 2.62. The van der Waals surface area contributed by atoms with Crippen LogP contribution in [0.4, 0.5) is 0 Å². The van der Waals surface area contributed by atoms with Crippen LogP contribution in [-0.4, -0.2) is 14.1 Å². The lowest BCUT2D eigenvalue weighted by Gasteiger charge is -2.33. The van der Waals surface area contributed by atoms with Crippen molar-refractivity contribution in [3.05, 3.63) is 52.0 Å². The topological polar surface area (TPSA) is 0 Å². The van der Waals surface area contributed by atoms with Crippen LogP contribution in [0.15, 0.2) is 46.5 Å². The summed E-state index contributed by atoms with van der Waals surface area (Å²) in [7, 11) is 0. The predicted molar refractivity (Wildman–Crippen MR) is 84.8 cm³/mol. The van der Waals surface area contributed by atoms with Crippen molar-refractivity contribution in [2.24, 2.45) is 0 Å². The van der Waals surface area contributed by atoms with Gasteiger partial charge in [0.2, 0.25) is 0 Å². The Morgan fingerprint density at radius 1 is 0.789 bits per heavy atom. The summed E-state index contributed by atoms with van der Waals surface area (Å²) in [6.07, 6.45) is 1.69. The van der Waals surface area contributed by atoms with E-state index in [4.69, 9.17) is 69.6 Å². The van der Waals surface area contributed by atoms with Gasteiger partial charge in [-0.1, -0.05) is 76.7 Å². The Labute approximate surface area is 140 Å². The molecule has 0 saturated carbocycles. The van der Waals surface area contributed by atoms with Crippen molar-refractivity contribution in [3.63, 3.8) is 0 Å². The summed E-state index contributed by atoms with van der Waals surface area (Å²) in [5.41, 5.74) is 1.53. The van der Waals surface area contributed by atoms with E-state index >= 15 is 0 Å². The first-order valence-corrected chi connectivity index (χ1v) is 7.64. The van der Waals surface area contributed by atoms with Crippen molar-refractivity contribution in [2.45, 2.75) is 14.1 Å².